The molecule has 2 aromatic rings. The molecule has 0 bridgehead atoms. The van der Waals surface area contributed by atoms with Crippen LogP contribution in [0.15, 0.2) is 29.1 Å². The van der Waals surface area contributed by atoms with Crippen molar-refractivity contribution in [2.75, 3.05) is 6.54 Å². The van der Waals surface area contributed by atoms with E-state index in [2.05, 4.69) is 14.7 Å². The number of aromatic nitrogens is 2. The maximum absolute atomic E-state index is 6.08. The van der Waals surface area contributed by atoms with E-state index in [9.17, 15) is 0 Å². The van der Waals surface area contributed by atoms with Crippen molar-refractivity contribution in [2.24, 2.45) is 5.73 Å². The third-order valence-electron chi connectivity index (χ3n) is 2.19. The summed E-state index contributed by atoms with van der Waals surface area (Å²) in [7, 11) is 0. The number of hydrogen-bond acceptors (Lipinski definition) is 5. The van der Waals surface area contributed by atoms with Gasteiger partial charge in [0.05, 0.1) is 5.02 Å². The fourth-order valence-corrected chi connectivity index (χ4v) is 1.64. The van der Waals surface area contributed by atoms with Crippen LogP contribution >= 0.6 is 11.6 Å². The molecule has 0 unspecified atom stereocenters. The highest BCUT2D eigenvalue weighted by Gasteiger charge is 2.05. The van der Waals surface area contributed by atoms with Gasteiger partial charge in [0.2, 0.25) is 12.2 Å². The zero-order valence-electron chi connectivity index (χ0n) is 9.10. The van der Waals surface area contributed by atoms with E-state index in [0.29, 0.717) is 23.1 Å². The molecule has 0 fully saturated rings. The Morgan fingerprint density at radius 3 is 2.94 bits per heavy atom. The standard InChI is InChI=1S/C11H12ClN3O2/c12-9-5-8(3-4-13)1-2-10(9)16-6-11-14-7-17-15-11/h1-2,5,7H,3-4,6,13H2. The van der Waals surface area contributed by atoms with Gasteiger partial charge in [-0.2, -0.15) is 4.98 Å². The lowest BCUT2D eigenvalue weighted by atomic mass is 10.1. The van der Waals surface area contributed by atoms with Crippen LogP contribution in [0.25, 0.3) is 0 Å². The second kappa shape index (κ2) is 5.65. The summed E-state index contributed by atoms with van der Waals surface area (Å²) in [5, 5.41) is 4.19. The summed E-state index contributed by atoms with van der Waals surface area (Å²) in [6.45, 7) is 0.825. The molecule has 0 radical (unpaired) electrons. The Kier molecular flexibility index (Phi) is 3.95. The molecule has 2 rings (SSSR count). The van der Waals surface area contributed by atoms with Gasteiger partial charge in [0.25, 0.3) is 0 Å². The molecule has 0 aliphatic carbocycles. The zero-order chi connectivity index (χ0) is 12.1. The van der Waals surface area contributed by atoms with E-state index in [4.69, 9.17) is 22.1 Å². The van der Waals surface area contributed by atoms with Gasteiger partial charge in [-0.1, -0.05) is 22.8 Å². The number of halogens is 1. The van der Waals surface area contributed by atoms with Crippen molar-refractivity contribution in [1.82, 2.24) is 10.1 Å². The molecule has 0 aliphatic heterocycles. The maximum atomic E-state index is 6.08. The number of nitrogens with zero attached hydrogens (tertiary/aromatic N) is 2. The van der Waals surface area contributed by atoms with E-state index in [1.54, 1.807) is 0 Å². The van der Waals surface area contributed by atoms with Crippen LogP contribution in [0.1, 0.15) is 11.4 Å². The van der Waals surface area contributed by atoms with E-state index in [0.717, 1.165) is 12.0 Å². The average Bonchev–Trinajstić information content (AvgIpc) is 2.81. The lowest BCUT2D eigenvalue weighted by Gasteiger charge is -2.07. The first-order valence-electron chi connectivity index (χ1n) is 5.16. The highest BCUT2D eigenvalue weighted by Crippen LogP contribution is 2.26. The van der Waals surface area contributed by atoms with Crippen molar-refractivity contribution >= 4 is 11.6 Å². The van der Waals surface area contributed by atoms with E-state index in [1.165, 1.54) is 6.39 Å². The molecule has 0 spiro atoms. The lowest BCUT2D eigenvalue weighted by Crippen LogP contribution is -2.03. The average molecular weight is 254 g/mol. The fourth-order valence-electron chi connectivity index (χ4n) is 1.38. The van der Waals surface area contributed by atoms with E-state index >= 15 is 0 Å². The molecule has 6 heteroatoms. The molecule has 0 atom stereocenters. The highest BCUT2D eigenvalue weighted by molar-refractivity contribution is 6.32. The van der Waals surface area contributed by atoms with Gasteiger partial charge in [-0.3, -0.25) is 0 Å². The fraction of sp³-hybridized carbons (Fsp3) is 0.273. The molecule has 90 valence electrons. The van der Waals surface area contributed by atoms with Crippen LogP contribution in [-0.4, -0.2) is 16.7 Å². The van der Waals surface area contributed by atoms with Crippen LogP contribution in [0, 0.1) is 0 Å². The monoisotopic (exact) mass is 253 g/mol. The van der Waals surface area contributed by atoms with Crippen LogP contribution in [0.5, 0.6) is 5.75 Å². The molecule has 0 saturated carbocycles. The molecular weight excluding hydrogens is 242 g/mol. The van der Waals surface area contributed by atoms with Crippen molar-refractivity contribution < 1.29 is 9.26 Å². The van der Waals surface area contributed by atoms with Gasteiger partial charge < -0.3 is 15.0 Å². The first-order chi connectivity index (χ1) is 8.29. The van der Waals surface area contributed by atoms with Gasteiger partial charge in [0, 0.05) is 0 Å². The van der Waals surface area contributed by atoms with Gasteiger partial charge in [0.15, 0.2) is 6.61 Å². The van der Waals surface area contributed by atoms with E-state index in [1.807, 2.05) is 18.2 Å². The zero-order valence-corrected chi connectivity index (χ0v) is 9.85. The van der Waals surface area contributed by atoms with Gasteiger partial charge in [-0.15, -0.1) is 0 Å². The molecule has 5 nitrogen and oxygen atoms in total. The van der Waals surface area contributed by atoms with Crippen molar-refractivity contribution in [3.05, 3.63) is 41.0 Å². The molecule has 1 aromatic heterocycles. The summed E-state index contributed by atoms with van der Waals surface area (Å²) in [5.74, 6) is 1.07. The number of rotatable bonds is 5. The number of ether oxygens (including phenoxy) is 1. The van der Waals surface area contributed by atoms with Crippen LogP contribution in [0.2, 0.25) is 5.02 Å². The third kappa shape index (κ3) is 3.18. The normalized spacial score (nSPS) is 10.5. The Morgan fingerprint density at radius 2 is 2.29 bits per heavy atom. The third-order valence-corrected chi connectivity index (χ3v) is 2.49. The Labute approximate surface area is 104 Å². The van der Waals surface area contributed by atoms with Crippen molar-refractivity contribution in [2.45, 2.75) is 13.0 Å². The highest BCUT2D eigenvalue weighted by atomic mass is 35.5. The summed E-state index contributed by atoms with van der Waals surface area (Å²) in [6, 6.07) is 5.59. The lowest BCUT2D eigenvalue weighted by molar-refractivity contribution is 0.286. The largest absolute Gasteiger partial charge is 0.484 e. The quantitative estimate of drug-likeness (QED) is 0.880. The minimum Gasteiger partial charge on any atom is -0.484 e. The topological polar surface area (TPSA) is 74.2 Å². The number of benzene rings is 1. The van der Waals surface area contributed by atoms with Crippen molar-refractivity contribution in [3.8, 4) is 5.75 Å². The molecule has 17 heavy (non-hydrogen) atoms. The SMILES string of the molecule is NCCc1ccc(OCc2ncon2)c(Cl)c1. The van der Waals surface area contributed by atoms with E-state index < -0.39 is 0 Å². The summed E-state index contributed by atoms with van der Waals surface area (Å²) < 4.78 is 10.1. The minimum atomic E-state index is 0.229. The first-order valence-corrected chi connectivity index (χ1v) is 5.54. The van der Waals surface area contributed by atoms with Crippen LogP contribution in [0.4, 0.5) is 0 Å². The molecule has 0 aliphatic rings. The first kappa shape index (κ1) is 11.9. The molecule has 1 aromatic carbocycles. The maximum Gasteiger partial charge on any atom is 0.213 e. The van der Waals surface area contributed by atoms with Crippen LogP contribution in [0.3, 0.4) is 0 Å². The summed E-state index contributed by atoms with van der Waals surface area (Å²) in [5.41, 5.74) is 6.56. The molecular formula is C11H12ClN3O2. The molecule has 0 amide bonds. The van der Waals surface area contributed by atoms with Crippen LogP contribution < -0.4 is 10.5 Å². The molecule has 1 heterocycles. The van der Waals surface area contributed by atoms with Crippen molar-refractivity contribution in [3.63, 3.8) is 0 Å². The number of hydrogen-bond donors (Lipinski definition) is 1. The predicted molar refractivity (Wildman–Crippen MR) is 62.8 cm³/mol. The van der Waals surface area contributed by atoms with Gasteiger partial charge >= 0.3 is 0 Å². The Bertz CT molecular complexity index is 474. The van der Waals surface area contributed by atoms with Crippen LogP contribution in [-0.2, 0) is 13.0 Å². The van der Waals surface area contributed by atoms with Gasteiger partial charge in [0.1, 0.15) is 5.75 Å². The predicted octanol–water partition coefficient (Wildman–Crippen LogP) is 1.80. The Morgan fingerprint density at radius 1 is 1.41 bits per heavy atom. The number of nitrogens with two attached hydrogens (primary N) is 1. The molecule has 0 saturated heterocycles. The summed E-state index contributed by atoms with van der Waals surface area (Å²) >= 11 is 6.08. The summed E-state index contributed by atoms with van der Waals surface area (Å²) in [4.78, 5) is 3.85. The second-order valence-electron chi connectivity index (χ2n) is 3.44. The van der Waals surface area contributed by atoms with Crippen molar-refractivity contribution in [1.29, 1.82) is 0 Å². The Balaban J connectivity index is 2.01. The summed E-state index contributed by atoms with van der Waals surface area (Å²) in [6.07, 6.45) is 2.05. The minimum absolute atomic E-state index is 0.229. The second-order valence-corrected chi connectivity index (χ2v) is 3.85. The van der Waals surface area contributed by atoms with Gasteiger partial charge in [-0.05, 0) is 30.7 Å². The smallest absolute Gasteiger partial charge is 0.213 e. The van der Waals surface area contributed by atoms with E-state index in [-0.39, 0.29) is 6.61 Å². The Hall–Kier alpha value is -1.59. The van der Waals surface area contributed by atoms with Gasteiger partial charge in [-0.25, -0.2) is 0 Å². The molecule has 2 N–H and O–H groups in total.